The van der Waals surface area contributed by atoms with Crippen LogP contribution in [0.4, 0.5) is 0 Å². The Morgan fingerprint density at radius 3 is 2.95 bits per heavy atom. The minimum atomic E-state index is -3.46. The molecule has 0 bridgehead atoms. The molecule has 1 saturated carbocycles. The zero-order chi connectivity index (χ0) is 14.0. The van der Waals surface area contributed by atoms with Crippen molar-refractivity contribution in [2.75, 3.05) is 0 Å². The van der Waals surface area contributed by atoms with Gasteiger partial charge in [0.2, 0.25) is 10.0 Å². The standard InChI is InChI=1S/C12H16N4O2S2/c17-20(18,16-7-11-13-3-4-14-11)12-5-9(8-19-12)6-15-10-1-2-10/h3-5,8,10,15-16H,1-2,6-7H2,(H,13,14). The number of aromatic amines is 1. The van der Waals surface area contributed by atoms with Crippen LogP contribution in [0.2, 0.25) is 0 Å². The van der Waals surface area contributed by atoms with E-state index in [1.54, 1.807) is 18.5 Å². The molecule has 0 aromatic carbocycles. The number of thiophene rings is 1. The van der Waals surface area contributed by atoms with Crippen LogP contribution in [0.15, 0.2) is 28.0 Å². The molecule has 1 aliphatic carbocycles. The smallest absolute Gasteiger partial charge is 0.250 e. The lowest BCUT2D eigenvalue weighted by Gasteiger charge is -2.02. The first-order valence-electron chi connectivity index (χ1n) is 6.42. The van der Waals surface area contributed by atoms with Gasteiger partial charge in [0.05, 0.1) is 6.54 Å². The van der Waals surface area contributed by atoms with Crippen molar-refractivity contribution in [2.45, 2.75) is 36.2 Å². The van der Waals surface area contributed by atoms with Crippen LogP contribution in [0.5, 0.6) is 0 Å². The number of hydrogen-bond acceptors (Lipinski definition) is 5. The molecule has 6 nitrogen and oxygen atoms in total. The summed E-state index contributed by atoms with van der Waals surface area (Å²) >= 11 is 1.24. The fourth-order valence-electron chi connectivity index (χ4n) is 1.77. The molecule has 0 spiro atoms. The van der Waals surface area contributed by atoms with Gasteiger partial charge in [-0.15, -0.1) is 11.3 Å². The maximum atomic E-state index is 12.1. The molecular formula is C12H16N4O2S2. The third-order valence-electron chi connectivity index (χ3n) is 3.05. The maximum absolute atomic E-state index is 12.1. The SMILES string of the molecule is O=S(=O)(NCc1ncc[nH]1)c1cc(CNC2CC2)cs1. The topological polar surface area (TPSA) is 86.9 Å². The first kappa shape index (κ1) is 13.7. The molecule has 0 atom stereocenters. The van der Waals surface area contributed by atoms with E-state index in [-0.39, 0.29) is 6.54 Å². The Hall–Kier alpha value is -1.22. The summed E-state index contributed by atoms with van der Waals surface area (Å²) in [5.74, 6) is 0.598. The van der Waals surface area contributed by atoms with Gasteiger partial charge in [0.25, 0.3) is 0 Å². The minimum Gasteiger partial charge on any atom is -0.347 e. The van der Waals surface area contributed by atoms with Crippen molar-refractivity contribution in [3.8, 4) is 0 Å². The molecular weight excluding hydrogens is 296 g/mol. The van der Waals surface area contributed by atoms with Gasteiger partial charge < -0.3 is 10.3 Å². The lowest BCUT2D eigenvalue weighted by atomic mass is 10.3. The summed E-state index contributed by atoms with van der Waals surface area (Å²) in [5.41, 5.74) is 1.01. The summed E-state index contributed by atoms with van der Waals surface area (Å²) in [4.78, 5) is 6.85. The first-order valence-corrected chi connectivity index (χ1v) is 8.78. The summed E-state index contributed by atoms with van der Waals surface area (Å²) < 4.78 is 27.1. The van der Waals surface area contributed by atoms with Crippen LogP contribution < -0.4 is 10.0 Å². The van der Waals surface area contributed by atoms with E-state index < -0.39 is 10.0 Å². The predicted octanol–water partition coefficient (Wildman–Crippen LogP) is 1.20. The number of H-pyrrole nitrogens is 1. The number of sulfonamides is 1. The van der Waals surface area contributed by atoms with Gasteiger partial charge in [0, 0.05) is 25.0 Å². The molecule has 20 heavy (non-hydrogen) atoms. The molecule has 0 aliphatic heterocycles. The first-order chi connectivity index (χ1) is 9.63. The number of aromatic nitrogens is 2. The van der Waals surface area contributed by atoms with E-state index in [1.165, 1.54) is 24.2 Å². The molecule has 3 N–H and O–H groups in total. The highest BCUT2D eigenvalue weighted by atomic mass is 32.2. The second-order valence-corrected chi connectivity index (χ2v) is 7.69. The summed E-state index contributed by atoms with van der Waals surface area (Å²) in [6.45, 7) is 0.901. The number of rotatable bonds is 7. The average Bonchev–Trinajstić information content (AvgIpc) is 2.94. The zero-order valence-electron chi connectivity index (χ0n) is 10.8. The van der Waals surface area contributed by atoms with Gasteiger partial charge in [-0.05, 0) is 29.9 Å². The van der Waals surface area contributed by atoms with Crippen LogP contribution in [0.3, 0.4) is 0 Å². The predicted molar refractivity (Wildman–Crippen MR) is 76.8 cm³/mol. The molecule has 2 aromatic rings. The van der Waals surface area contributed by atoms with Gasteiger partial charge in [0.15, 0.2) is 0 Å². The fourth-order valence-corrected chi connectivity index (χ4v) is 4.01. The average molecular weight is 312 g/mol. The maximum Gasteiger partial charge on any atom is 0.250 e. The van der Waals surface area contributed by atoms with Crippen LogP contribution in [-0.4, -0.2) is 24.4 Å². The molecule has 8 heteroatoms. The Morgan fingerprint density at radius 2 is 2.25 bits per heavy atom. The van der Waals surface area contributed by atoms with Gasteiger partial charge in [-0.25, -0.2) is 18.1 Å². The number of nitrogens with zero attached hydrogens (tertiary/aromatic N) is 1. The summed E-state index contributed by atoms with van der Waals surface area (Å²) in [6.07, 6.45) is 5.70. The Balaban J connectivity index is 1.61. The van der Waals surface area contributed by atoms with Crippen LogP contribution in [-0.2, 0) is 23.1 Å². The number of nitrogens with one attached hydrogen (secondary N) is 3. The third kappa shape index (κ3) is 3.45. The lowest BCUT2D eigenvalue weighted by molar-refractivity contribution is 0.581. The van der Waals surface area contributed by atoms with Crippen LogP contribution in [0, 0.1) is 0 Å². The molecule has 0 amide bonds. The Labute approximate surface area is 121 Å². The van der Waals surface area contributed by atoms with Crippen molar-refractivity contribution in [3.05, 3.63) is 35.2 Å². The van der Waals surface area contributed by atoms with Gasteiger partial charge in [-0.3, -0.25) is 0 Å². The van der Waals surface area contributed by atoms with E-state index in [0.29, 0.717) is 16.1 Å². The molecule has 1 aliphatic rings. The Bertz CT molecular complexity index is 659. The van der Waals surface area contributed by atoms with E-state index in [0.717, 1.165) is 12.1 Å². The molecule has 0 saturated heterocycles. The molecule has 1 fully saturated rings. The second kappa shape index (κ2) is 5.65. The summed E-state index contributed by atoms with van der Waals surface area (Å²) in [6, 6.07) is 2.34. The monoisotopic (exact) mass is 312 g/mol. The van der Waals surface area contributed by atoms with Gasteiger partial charge in [0.1, 0.15) is 10.0 Å². The van der Waals surface area contributed by atoms with Gasteiger partial charge >= 0.3 is 0 Å². The highest BCUT2D eigenvalue weighted by Gasteiger charge is 2.21. The summed E-state index contributed by atoms with van der Waals surface area (Å²) in [5, 5.41) is 5.25. The van der Waals surface area contributed by atoms with Crippen LogP contribution in [0.25, 0.3) is 0 Å². The van der Waals surface area contributed by atoms with E-state index in [9.17, 15) is 8.42 Å². The van der Waals surface area contributed by atoms with E-state index >= 15 is 0 Å². The van der Waals surface area contributed by atoms with Gasteiger partial charge in [-0.2, -0.15) is 0 Å². The van der Waals surface area contributed by atoms with Crippen molar-refractivity contribution < 1.29 is 8.42 Å². The van der Waals surface area contributed by atoms with Crippen molar-refractivity contribution in [1.82, 2.24) is 20.0 Å². The van der Waals surface area contributed by atoms with Crippen LogP contribution in [0.1, 0.15) is 24.2 Å². The highest BCUT2D eigenvalue weighted by molar-refractivity contribution is 7.91. The van der Waals surface area contributed by atoms with Gasteiger partial charge in [-0.1, -0.05) is 0 Å². The zero-order valence-corrected chi connectivity index (χ0v) is 12.4. The highest BCUT2D eigenvalue weighted by Crippen LogP contribution is 2.23. The third-order valence-corrected chi connectivity index (χ3v) is 5.94. The van der Waals surface area contributed by atoms with Crippen molar-refractivity contribution in [3.63, 3.8) is 0 Å². The van der Waals surface area contributed by atoms with Crippen LogP contribution >= 0.6 is 11.3 Å². The lowest BCUT2D eigenvalue weighted by Crippen LogP contribution is -2.23. The van der Waals surface area contributed by atoms with E-state index in [4.69, 9.17) is 0 Å². The van der Waals surface area contributed by atoms with E-state index in [1.807, 2.05) is 5.38 Å². The molecule has 2 aromatic heterocycles. The molecule has 0 radical (unpaired) electrons. The Kier molecular flexibility index (Phi) is 3.88. The molecule has 2 heterocycles. The molecule has 3 rings (SSSR count). The fraction of sp³-hybridized carbons (Fsp3) is 0.417. The van der Waals surface area contributed by atoms with E-state index in [2.05, 4.69) is 20.0 Å². The number of imidazole rings is 1. The number of hydrogen-bond donors (Lipinski definition) is 3. The minimum absolute atomic E-state index is 0.170. The quantitative estimate of drug-likeness (QED) is 0.717. The largest absolute Gasteiger partial charge is 0.347 e. The summed E-state index contributed by atoms with van der Waals surface area (Å²) in [7, 11) is -3.46. The van der Waals surface area contributed by atoms with Crippen molar-refractivity contribution in [1.29, 1.82) is 0 Å². The normalized spacial score (nSPS) is 15.6. The van der Waals surface area contributed by atoms with Crippen molar-refractivity contribution in [2.24, 2.45) is 0 Å². The second-order valence-electron chi connectivity index (χ2n) is 4.79. The molecule has 108 valence electrons. The molecule has 0 unspecified atom stereocenters. The Morgan fingerprint density at radius 1 is 1.40 bits per heavy atom. The van der Waals surface area contributed by atoms with Crippen molar-refractivity contribution >= 4 is 21.4 Å².